The minimum Gasteiger partial charge on any atom is -0.506 e. The Morgan fingerprint density at radius 2 is 1.19 bits per heavy atom. The molecule has 4 nitrogen and oxygen atoms in total. The SMILES string of the molecule is Nc1cc(C(CF)(CF)c2ccc(O)c(N)c2)ccc1O. The molecule has 0 unspecified atom stereocenters. The van der Waals surface area contributed by atoms with Crippen molar-refractivity contribution in [2.45, 2.75) is 5.41 Å². The Labute approximate surface area is 120 Å². The van der Waals surface area contributed by atoms with Crippen LogP contribution in [-0.2, 0) is 5.41 Å². The second-order valence-electron chi connectivity index (χ2n) is 4.90. The molecule has 0 heterocycles. The lowest BCUT2D eigenvalue weighted by Gasteiger charge is -2.30. The third-order valence-electron chi connectivity index (χ3n) is 3.62. The van der Waals surface area contributed by atoms with E-state index in [1.54, 1.807) is 0 Å². The number of halogens is 2. The number of phenols is 2. The molecular formula is C15H16F2N2O2. The summed E-state index contributed by atoms with van der Waals surface area (Å²) >= 11 is 0. The molecule has 0 aliphatic heterocycles. The highest BCUT2D eigenvalue weighted by atomic mass is 19.1. The molecule has 0 fully saturated rings. The lowest BCUT2D eigenvalue weighted by Crippen LogP contribution is -2.33. The van der Waals surface area contributed by atoms with Crippen LogP contribution in [-0.4, -0.2) is 23.6 Å². The molecule has 0 aliphatic rings. The van der Waals surface area contributed by atoms with Crippen LogP contribution in [0.2, 0.25) is 0 Å². The van der Waals surface area contributed by atoms with Crippen LogP contribution in [0.15, 0.2) is 36.4 Å². The number of nitrogens with two attached hydrogens (primary N) is 2. The second-order valence-corrected chi connectivity index (χ2v) is 4.90. The van der Waals surface area contributed by atoms with Crippen molar-refractivity contribution >= 4 is 11.4 Å². The maximum atomic E-state index is 13.7. The van der Waals surface area contributed by atoms with Gasteiger partial charge in [-0.05, 0) is 35.4 Å². The van der Waals surface area contributed by atoms with Gasteiger partial charge in [0.2, 0.25) is 0 Å². The van der Waals surface area contributed by atoms with Crippen LogP contribution in [0.1, 0.15) is 11.1 Å². The molecule has 112 valence electrons. The number of phenolic OH excluding ortho intramolecular Hbond substituents is 2. The molecule has 0 bridgehead atoms. The Morgan fingerprint density at radius 1 is 0.810 bits per heavy atom. The van der Waals surface area contributed by atoms with Gasteiger partial charge in [-0.3, -0.25) is 0 Å². The van der Waals surface area contributed by atoms with Gasteiger partial charge in [-0.2, -0.15) is 0 Å². The highest BCUT2D eigenvalue weighted by Gasteiger charge is 2.36. The smallest absolute Gasteiger partial charge is 0.138 e. The van der Waals surface area contributed by atoms with Crippen molar-refractivity contribution in [3.8, 4) is 11.5 Å². The fourth-order valence-corrected chi connectivity index (χ4v) is 2.22. The molecule has 0 amide bonds. The van der Waals surface area contributed by atoms with E-state index in [2.05, 4.69) is 0 Å². The van der Waals surface area contributed by atoms with Gasteiger partial charge in [0.25, 0.3) is 0 Å². The van der Waals surface area contributed by atoms with Crippen LogP contribution in [0, 0.1) is 0 Å². The zero-order valence-corrected chi connectivity index (χ0v) is 11.2. The van der Waals surface area contributed by atoms with E-state index >= 15 is 0 Å². The Bertz CT molecular complexity index is 605. The van der Waals surface area contributed by atoms with Crippen molar-refractivity contribution in [1.82, 2.24) is 0 Å². The maximum absolute atomic E-state index is 13.7. The fraction of sp³-hybridized carbons (Fsp3) is 0.200. The zero-order valence-electron chi connectivity index (χ0n) is 11.2. The van der Waals surface area contributed by atoms with E-state index < -0.39 is 18.8 Å². The fourth-order valence-electron chi connectivity index (χ4n) is 2.22. The van der Waals surface area contributed by atoms with Gasteiger partial charge in [-0.25, -0.2) is 8.78 Å². The highest BCUT2D eigenvalue weighted by Crippen LogP contribution is 2.38. The third kappa shape index (κ3) is 2.44. The Hall–Kier alpha value is -2.50. The van der Waals surface area contributed by atoms with Crippen LogP contribution >= 0.6 is 0 Å². The number of rotatable bonds is 4. The summed E-state index contributed by atoms with van der Waals surface area (Å²) < 4.78 is 27.4. The predicted molar refractivity (Wildman–Crippen MR) is 77.8 cm³/mol. The molecular weight excluding hydrogens is 278 g/mol. The van der Waals surface area contributed by atoms with E-state index in [9.17, 15) is 19.0 Å². The number of nitrogen functional groups attached to an aromatic ring is 2. The lowest BCUT2D eigenvalue weighted by molar-refractivity contribution is 0.278. The van der Waals surface area contributed by atoms with Crippen molar-refractivity contribution in [3.63, 3.8) is 0 Å². The summed E-state index contributed by atoms with van der Waals surface area (Å²) in [6.07, 6.45) is 0. The normalized spacial score (nSPS) is 11.5. The number of anilines is 2. The summed E-state index contributed by atoms with van der Waals surface area (Å²) in [6, 6.07) is 8.06. The number of alkyl halides is 2. The first kappa shape index (κ1) is 14.9. The first-order valence-electron chi connectivity index (χ1n) is 6.24. The van der Waals surface area contributed by atoms with E-state index in [0.717, 1.165) is 0 Å². The van der Waals surface area contributed by atoms with Crippen molar-refractivity contribution in [3.05, 3.63) is 47.5 Å². The van der Waals surface area contributed by atoms with Gasteiger partial charge >= 0.3 is 0 Å². The first-order chi connectivity index (χ1) is 9.94. The molecule has 2 aromatic rings. The van der Waals surface area contributed by atoms with Crippen LogP contribution in [0.3, 0.4) is 0 Å². The van der Waals surface area contributed by atoms with Crippen LogP contribution in [0.25, 0.3) is 0 Å². The highest BCUT2D eigenvalue weighted by molar-refractivity contribution is 5.59. The van der Waals surface area contributed by atoms with Crippen LogP contribution < -0.4 is 11.5 Å². The molecule has 0 radical (unpaired) electrons. The molecule has 0 saturated heterocycles. The minimum absolute atomic E-state index is 0.0329. The molecule has 0 aromatic heterocycles. The van der Waals surface area contributed by atoms with Crippen molar-refractivity contribution in [2.75, 3.05) is 24.8 Å². The summed E-state index contributed by atoms with van der Waals surface area (Å²) in [5.74, 6) is -0.314. The van der Waals surface area contributed by atoms with Gasteiger partial charge in [-0.1, -0.05) is 12.1 Å². The molecule has 6 heteroatoms. The molecule has 0 spiro atoms. The van der Waals surface area contributed by atoms with Gasteiger partial charge in [0.1, 0.15) is 24.8 Å². The molecule has 0 aliphatic carbocycles. The first-order valence-corrected chi connectivity index (χ1v) is 6.24. The van der Waals surface area contributed by atoms with Crippen molar-refractivity contribution < 1.29 is 19.0 Å². The average molecular weight is 294 g/mol. The van der Waals surface area contributed by atoms with Gasteiger partial charge in [0.15, 0.2) is 0 Å². The number of hydrogen-bond acceptors (Lipinski definition) is 4. The molecule has 21 heavy (non-hydrogen) atoms. The topological polar surface area (TPSA) is 92.5 Å². The summed E-state index contributed by atoms with van der Waals surface area (Å²) in [5.41, 5.74) is 10.3. The molecule has 2 rings (SSSR count). The average Bonchev–Trinajstić information content (AvgIpc) is 2.48. The minimum atomic E-state index is -1.58. The molecule has 6 N–H and O–H groups in total. The zero-order chi connectivity index (χ0) is 15.6. The van der Waals surface area contributed by atoms with E-state index in [1.165, 1.54) is 36.4 Å². The standard InChI is InChI=1S/C15H16F2N2O2/c16-7-15(8-17,9-1-3-13(20)11(18)5-9)10-2-4-14(21)12(19)6-10/h1-6,20-21H,7-8,18-19H2. The summed E-state index contributed by atoms with van der Waals surface area (Å²) in [6.45, 7) is -2.03. The number of benzene rings is 2. The van der Waals surface area contributed by atoms with E-state index in [4.69, 9.17) is 11.5 Å². The Morgan fingerprint density at radius 3 is 1.48 bits per heavy atom. The number of aromatic hydroxyl groups is 2. The van der Waals surface area contributed by atoms with Crippen LogP contribution in [0.4, 0.5) is 20.2 Å². The van der Waals surface area contributed by atoms with Gasteiger partial charge in [0.05, 0.1) is 16.8 Å². The monoisotopic (exact) mass is 294 g/mol. The summed E-state index contributed by atoms with van der Waals surface area (Å²) in [4.78, 5) is 0. The molecule has 0 atom stereocenters. The van der Waals surface area contributed by atoms with E-state index in [0.29, 0.717) is 0 Å². The number of hydrogen-bond donors (Lipinski definition) is 4. The molecule has 0 saturated carbocycles. The van der Waals surface area contributed by atoms with E-state index in [1.807, 2.05) is 0 Å². The molecule has 2 aromatic carbocycles. The maximum Gasteiger partial charge on any atom is 0.138 e. The van der Waals surface area contributed by atoms with Gasteiger partial charge in [0, 0.05) is 0 Å². The van der Waals surface area contributed by atoms with Crippen molar-refractivity contribution in [2.24, 2.45) is 0 Å². The lowest BCUT2D eigenvalue weighted by atomic mass is 9.76. The van der Waals surface area contributed by atoms with Crippen LogP contribution in [0.5, 0.6) is 11.5 Å². The predicted octanol–water partition coefficient (Wildman–Crippen LogP) is 2.49. The third-order valence-corrected chi connectivity index (χ3v) is 3.62. The van der Waals surface area contributed by atoms with Gasteiger partial charge in [-0.15, -0.1) is 0 Å². The quantitative estimate of drug-likeness (QED) is 0.515. The Kier molecular flexibility index (Phi) is 3.88. The van der Waals surface area contributed by atoms with Gasteiger partial charge < -0.3 is 21.7 Å². The Balaban J connectivity index is 2.63. The van der Waals surface area contributed by atoms with E-state index in [-0.39, 0.29) is 34.0 Å². The summed E-state index contributed by atoms with van der Waals surface area (Å²) in [7, 11) is 0. The van der Waals surface area contributed by atoms with Crippen molar-refractivity contribution in [1.29, 1.82) is 0 Å². The largest absolute Gasteiger partial charge is 0.506 e. The second kappa shape index (κ2) is 5.47. The summed E-state index contributed by atoms with van der Waals surface area (Å²) in [5, 5.41) is 18.9.